The quantitative estimate of drug-likeness (QED) is 0.606. The molecular formula is C20H24N4O3. The van der Waals surface area contributed by atoms with Crippen LogP contribution in [0.1, 0.15) is 26.0 Å². The Labute approximate surface area is 158 Å². The molecule has 0 radical (unpaired) electrons. The second-order valence-corrected chi connectivity index (χ2v) is 8.12. The summed E-state index contributed by atoms with van der Waals surface area (Å²) in [6, 6.07) is 8.78. The molecule has 1 aromatic heterocycles. The normalized spacial score (nSPS) is 25.6. The average Bonchev–Trinajstić information content (AvgIpc) is 3.07. The number of anilines is 1. The van der Waals surface area contributed by atoms with E-state index in [1.807, 2.05) is 13.0 Å². The van der Waals surface area contributed by atoms with E-state index in [1.54, 1.807) is 12.1 Å². The summed E-state index contributed by atoms with van der Waals surface area (Å²) >= 11 is 0. The van der Waals surface area contributed by atoms with Crippen LogP contribution in [-0.2, 0) is 4.74 Å². The zero-order valence-corrected chi connectivity index (χ0v) is 16.0. The van der Waals surface area contributed by atoms with Crippen LogP contribution in [0.2, 0.25) is 0 Å². The van der Waals surface area contributed by atoms with Crippen molar-refractivity contribution in [2.24, 2.45) is 11.3 Å². The van der Waals surface area contributed by atoms with E-state index in [0.717, 1.165) is 24.5 Å². The molecule has 1 aromatic carbocycles. The van der Waals surface area contributed by atoms with Gasteiger partial charge in [-0.15, -0.1) is 0 Å². The van der Waals surface area contributed by atoms with Crippen LogP contribution in [0.15, 0.2) is 30.3 Å². The molecule has 0 amide bonds. The van der Waals surface area contributed by atoms with Crippen molar-refractivity contribution in [3.63, 3.8) is 0 Å². The van der Waals surface area contributed by atoms with Crippen molar-refractivity contribution in [3.05, 3.63) is 46.1 Å². The zero-order chi connectivity index (χ0) is 19.3. The molecule has 7 nitrogen and oxygen atoms in total. The highest BCUT2D eigenvalue weighted by molar-refractivity contribution is 5.61. The van der Waals surface area contributed by atoms with Crippen LogP contribution in [0.3, 0.4) is 0 Å². The van der Waals surface area contributed by atoms with Crippen molar-refractivity contribution in [2.75, 3.05) is 18.6 Å². The van der Waals surface area contributed by atoms with Crippen molar-refractivity contribution >= 4 is 11.5 Å². The largest absolute Gasteiger partial charge is 0.377 e. The molecule has 2 aliphatic rings. The van der Waals surface area contributed by atoms with Gasteiger partial charge in [-0.3, -0.25) is 10.1 Å². The molecule has 0 spiro atoms. The van der Waals surface area contributed by atoms with E-state index in [9.17, 15) is 10.1 Å². The molecule has 2 aromatic rings. The van der Waals surface area contributed by atoms with E-state index in [4.69, 9.17) is 9.72 Å². The number of benzene rings is 1. The summed E-state index contributed by atoms with van der Waals surface area (Å²) in [5.41, 5.74) is 1.58. The van der Waals surface area contributed by atoms with Gasteiger partial charge in [0.1, 0.15) is 5.82 Å². The van der Waals surface area contributed by atoms with Crippen molar-refractivity contribution in [1.29, 1.82) is 0 Å². The van der Waals surface area contributed by atoms with Crippen molar-refractivity contribution in [3.8, 4) is 11.4 Å². The Morgan fingerprint density at radius 2 is 2.07 bits per heavy atom. The molecule has 7 heteroatoms. The van der Waals surface area contributed by atoms with Gasteiger partial charge >= 0.3 is 0 Å². The fourth-order valence-corrected chi connectivity index (χ4v) is 4.85. The summed E-state index contributed by atoms with van der Waals surface area (Å²) in [4.78, 5) is 22.2. The minimum Gasteiger partial charge on any atom is -0.377 e. The van der Waals surface area contributed by atoms with Gasteiger partial charge < -0.3 is 9.64 Å². The summed E-state index contributed by atoms with van der Waals surface area (Å²) < 4.78 is 5.91. The van der Waals surface area contributed by atoms with Gasteiger partial charge in [0.15, 0.2) is 5.82 Å². The van der Waals surface area contributed by atoms with Gasteiger partial charge in [0.05, 0.1) is 11.0 Å². The van der Waals surface area contributed by atoms with Crippen LogP contribution < -0.4 is 4.90 Å². The molecule has 4 rings (SSSR count). The van der Waals surface area contributed by atoms with Gasteiger partial charge in [-0.25, -0.2) is 9.97 Å². The molecular weight excluding hydrogens is 344 g/mol. The molecule has 1 aliphatic heterocycles. The molecule has 1 saturated heterocycles. The van der Waals surface area contributed by atoms with Crippen LogP contribution in [0.5, 0.6) is 0 Å². The molecule has 3 unspecified atom stereocenters. The molecule has 0 N–H and O–H groups in total. The lowest BCUT2D eigenvalue weighted by Gasteiger charge is -2.58. The first-order chi connectivity index (χ1) is 12.8. The number of rotatable bonds is 4. The minimum atomic E-state index is -0.399. The minimum absolute atomic E-state index is 0.0404. The van der Waals surface area contributed by atoms with Crippen molar-refractivity contribution in [2.45, 2.75) is 39.3 Å². The van der Waals surface area contributed by atoms with Crippen LogP contribution in [0, 0.1) is 28.4 Å². The highest BCUT2D eigenvalue weighted by Crippen LogP contribution is 2.54. The molecule has 2 fully saturated rings. The first kappa shape index (κ1) is 17.9. The highest BCUT2D eigenvalue weighted by atomic mass is 16.6. The lowest BCUT2D eigenvalue weighted by Crippen LogP contribution is -2.66. The van der Waals surface area contributed by atoms with E-state index in [-0.39, 0.29) is 11.1 Å². The number of hydrogen-bond acceptors (Lipinski definition) is 6. The first-order valence-electron chi connectivity index (χ1n) is 9.24. The molecule has 27 heavy (non-hydrogen) atoms. The monoisotopic (exact) mass is 368 g/mol. The Bertz CT molecular complexity index is 899. The lowest BCUT2D eigenvalue weighted by atomic mass is 9.57. The van der Waals surface area contributed by atoms with E-state index in [0.29, 0.717) is 29.5 Å². The van der Waals surface area contributed by atoms with E-state index in [2.05, 4.69) is 30.8 Å². The number of ether oxygens (including phenoxy) is 1. The van der Waals surface area contributed by atoms with Gasteiger partial charge in [-0.2, -0.15) is 0 Å². The second kappa shape index (κ2) is 6.27. The Morgan fingerprint density at radius 1 is 1.30 bits per heavy atom. The second-order valence-electron chi connectivity index (χ2n) is 8.12. The molecule has 142 valence electrons. The number of hydrogen-bond donors (Lipinski definition) is 0. The number of nitrogens with zero attached hydrogens (tertiary/aromatic N) is 4. The van der Waals surface area contributed by atoms with Gasteiger partial charge in [-0.1, -0.05) is 26.0 Å². The Morgan fingerprint density at radius 3 is 2.81 bits per heavy atom. The predicted octanol–water partition coefficient (Wildman–Crippen LogP) is 3.61. The smallest absolute Gasteiger partial charge is 0.270 e. The lowest BCUT2D eigenvalue weighted by molar-refractivity contribution is -0.384. The van der Waals surface area contributed by atoms with E-state index >= 15 is 0 Å². The number of aryl methyl sites for hydroxylation is 1. The summed E-state index contributed by atoms with van der Waals surface area (Å²) in [6.45, 7) is 7.24. The van der Waals surface area contributed by atoms with Gasteiger partial charge in [-0.05, 0) is 13.3 Å². The summed E-state index contributed by atoms with van der Waals surface area (Å²) in [5, 5.41) is 11.1. The third-order valence-electron chi connectivity index (χ3n) is 5.97. The number of nitro groups is 1. The SMILES string of the molecule is Cc1cc(N(C)C2C3CCOC3C2(C)C)nc(-c2cccc([N+](=O)[O-])c2)n1. The summed E-state index contributed by atoms with van der Waals surface area (Å²) in [6.07, 6.45) is 1.38. The Kier molecular flexibility index (Phi) is 4.14. The topological polar surface area (TPSA) is 81.4 Å². The molecule has 1 saturated carbocycles. The number of fused-ring (bicyclic) bond motifs is 1. The fraction of sp³-hybridized carbons (Fsp3) is 0.500. The summed E-state index contributed by atoms with van der Waals surface area (Å²) in [7, 11) is 2.07. The number of non-ortho nitro benzene ring substituents is 1. The fourth-order valence-electron chi connectivity index (χ4n) is 4.85. The van der Waals surface area contributed by atoms with Gasteiger partial charge in [0.2, 0.25) is 0 Å². The Balaban J connectivity index is 1.69. The third-order valence-corrected chi connectivity index (χ3v) is 5.97. The highest BCUT2D eigenvalue weighted by Gasteiger charge is 2.61. The van der Waals surface area contributed by atoms with Crippen LogP contribution in [0.25, 0.3) is 11.4 Å². The maximum atomic E-state index is 11.1. The molecule has 3 atom stereocenters. The van der Waals surface area contributed by atoms with Crippen LogP contribution in [0.4, 0.5) is 11.5 Å². The van der Waals surface area contributed by atoms with E-state index in [1.165, 1.54) is 12.1 Å². The molecule has 0 bridgehead atoms. The van der Waals surface area contributed by atoms with Crippen LogP contribution >= 0.6 is 0 Å². The first-order valence-corrected chi connectivity index (χ1v) is 9.24. The summed E-state index contributed by atoms with van der Waals surface area (Å²) in [5.74, 6) is 1.87. The van der Waals surface area contributed by atoms with Gasteiger partial charge in [0, 0.05) is 60.5 Å². The average molecular weight is 368 g/mol. The number of aromatic nitrogens is 2. The molecule has 1 aliphatic carbocycles. The van der Waals surface area contributed by atoms with Gasteiger partial charge in [0.25, 0.3) is 5.69 Å². The van der Waals surface area contributed by atoms with Crippen molar-refractivity contribution in [1.82, 2.24) is 9.97 Å². The standard InChI is InChI=1S/C20H24N4O3/c1-12-10-16(23(4)17-15-8-9-27-18(15)20(17,2)3)22-19(21-12)13-6-5-7-14(11-13)24(25)26/h5-7,10-11,15,17-18H,8-9H2,1-4H3. The van der Waals surface area contributed by atoms with Crippen molar-refractivity contribution < 1.29 is 9.66 Å². The maximum Gasteiger partial charge on any atom is 0.270 e. The van der Waals surface area contributed by atoms with E-state index < -0.39 is 4.92 Å². The predicted molar refractivity (Wildman–Crippen MR) is 103 cm³/mol. The Hall–Kier alpha value is -2.54. The zero-order valence-electron chi connectivity index (χ0n) is 16.0. The third kappa shape index (κ3) is 2.86. The van der Waals surface area contributed by atoms with Crippen LogP contribution in [-0.4, -0.2) is 40.7 Å². The molecule has 2 heterocycles. The maximum absolute atomic E-state index is 11.1. The number of nitro benzene ring substituents is 1.